The summed E-state index contributed by atoms with van der Waals surface area (Å²) in [7, 11) is 0. The number of nitrogens with zero attached hydrogens (tertiary/aromatic N) is 1. The minimum absolute atomic E-state index is 0.256. The molecule has 26 heavy (non-hydrogen) atoms. The molecule has 2 aliphatic rings. The summed E-state index contributed by atoms with van der Waals surface area (Å²) in [6.45, 7) is 0.371. The second kappa shape index (κ2) is 8.17. The lowest BCUT2D eigenvalue weighted by Crippen LogP contribution is -2.49. The molecule has 138 valence electrons. The molecule has 0 aromatic heterocycles. The van der Waals surface area contributed by atoms with Crippen molar-refractivity contribution in [3.8, 4) is 0 Å². The highest BCUT2D eigenvalue weighted by Gasteiger charge is 2.33. The first kappa shape index (κ1) is 18.2. The smallest absolute Gasteiger partial charge is 0.270 e. The Hall–Kier alpha value is -2.63. The Morgan fingerprint density at radius 2 is 1.69 bits per heavy atom. The molecule has 3 rings (SSSR count). The fourth-order valence-corrected chi connectivity index (χ4v) is 3.70. The average Bonchev–Trinajstić information content (AvgIpc) is 3.17. The Labute approximate surface area is 152 Å². The van der Waals surface area contributed by atoms with Crippen molar-refractivity contribution in [2.75, 3.05) is 6.54 Å². The van der Waals surface area contributed by atoms with Crippen LogP contribution in [0.15, 0.2) is 41.6 Å². The third-order valence-corrected chi connectivity index (χ3v) is 5.08. The summed E-state index contributed by atoms with van der Waals surface area (Å²) < 4.78 is 0. The lowest BCUT2D eigenvalue weighted by atomic mass is 9.92. The van der Waals surface area contributed by atoms with Gasteiger partial charge in [0.05, 0.1) is 12.0 Å². The van der Waals surface area contributed by atoms with Crippen LogP contribution in [0.4, 0.5) is 0 Å². The molecule has 6 nitrogen and oxygen atoms in total. The van der Waals surface area contributed by atoms with Crippen LogP contribution in [0.3, 0.4) is 0 Å². The van der Waals surface area contributed by atoms with Crippen LogP contribution in [0.1, 0.15) is 55.3 Å². The van der Waals surface area contributed by atoms with E-state index in [0.717, 1.165) is 37.7 Å². The van der Waals surface area contributed by atoms with E-state index in [1.165, 1.54) is 4.90 Å². The Kier molecular flexibility index (Phi) is 5.71. The number of carboxylic acid groups (broad SMARTS) is 1. The lowest BCUT2D eigenvalue weighted by Gasteiger charge is -2.28. The summed E-state index contributed by atoms with van der Waals surface area (Å²) in [4.78, 5) is 38.4. The largest absolute Gasteiger partial charge is 0.548 e. The second-order valence-corrected chi connectivity index (χ2v) is 6.83. The molecule has 1 aliphatic heterocycles. The molecule has 1 N–H and O–H groups in total. The van der Waals surface area contributed by atoms with Crippen LogP contribution >= 0.6 is 0 Å². The first-order valence-electron chi connectivity index (χ1n) is 9.18. The molecular weight excluding hydrogens is 332 g/mol. The number of nitrogens with one attached hydrogen (secondary N) is 1. The number of aliphatic carboxylic acids is 1. The summed E-state index contributed by atoms with van der Waals surface area (Å²) >= 11 is 0. The van der Waals surface area contributed by atoms with Gasteiger partial charge in [-0.3, -0.25) is 9.59 Å². The number of carbonyl (C=O) groups is 3. The van der Waals surface area contributed by atoms with Gasteiger partial charge in [0.25, 0.3) is 11.8 Å². The molecule has 1 aromatic carbocycles. The maximum Gasteiger partial charge on any atom is 0.270 e. The first-order valence-corrected chi connectivity index (χ1v) is 9.18. The molecule has 1 heterocycles. The van der Waals surface area contributed by atoms with Gasteiger partial charge in [0.15, 0.2) is 0 Å². The molecule has 1 aliphatic carbocycles. The quantitative estimate of drug-likeness (QED) is 0.826. The Balaban J connectivity index is 1.87. The first-order chi connectivity index (χ1) is 12.6. The normalized spacial score (nSPS) is 19.9. The molecule has 1 atom stereocenters. The average molecular weight is 355 g/mol. The SMILES string of the molecule is O=C(NC(C(=O)N1CCC[C@@H]1C(=O)[O-])=C1CCCCC1)c1ccccc1. The van der Waals surface area contributed by atoms with Crippen LogP contribution in [0.25, 0.3) is 0 Å². The van der Waals surface area contributed by atoms with Crippen molar-refractivity contribution in [2.24, 2.45) is 0 Å². The van der Waals surface area contributed by atoms with E-state index in [-0.39, 0.29) is 11.6 Å². The van der Waals surface area contributed by atoms with Crippen molar-refractivity contribution >= 4 is 17.8 Å². The number of carboxylic acids is 1. The lowest BCUT2D eigenvalue weighted by molar-refractivity contribution is -0.310. The van der Waals surface area contributed by atoms with Crippen LogP contribution in [0.5, 0.6) is 0 Å². The number of carbonyl (C=O) groups excluding carboxylic acids is 3. The summed E-state index contributed by atoms with van der Waals surface area (Å²) in [5, 5.41) is 14.1. The molecule has 1 saturated heterocycles. The van der Waals surface area contributed by atoms with Crippen LogP contribution in [-0.2, 0) is 9.59 Å². The Bertz CT molecular complexity index is 719. The predicted octanol–water partition coefficient (Wildman–Crippen LogP) is 1.38. The van der Waals surface area contributed by atoms with E-state index in [4.69, 9.17) is 0 Å². The summed E-state index contributed by atoms with van der Waals surface area (Å²) in [5.41, 5.74) is 1.63. The van der Waals surface area contributed by atoms with Gasteiger partial charge in [-0.15, -0.1) is 0 Å². The third kappa shape index (κ3) is 3.95. The van der Waals surface area contributed by atoms with Crippen LogP contribution in [0.2, 0.25) is 0 Å². The van der Waals surface area contributed by atoms with E-state index in [1.54, 1.807) is 24.3 Å². The zero-order valence-corrected chi connectivity index (χ0v) is 14.7. The second-order valence-electron chi connectivity index (χ2n) is 6.83. The molecule has 2 fully saturated rings. The summed E-state index contributed by atoms with van der Waals surface area (Å²) in [5.74, 6) is -1.99. The van der Waals surface area contributed by atoms with Gasteiger partial charge in [-0.25, -0.2) is 0 Å². The molecule has 6 heteroatoms. The maximum atomic E-state index is 13.1. The van der Waals surface area contributed by atoms with Crippen molar-refractivity contribution in [3.05, 3.63) is 47.2 Å². The standard InChI is InChI=1S/C20H24N2O4/c23-18(15-10-5-2-6-11-15)21-17(14-8-3-1-4-9-14)19(24)22-13-7-12-16(22)20(25)26/h2,5-6,10-11,16H,1,3-4,7-9,12-13H2,(H,21,23)(H,25,26)/p-1/t16-/m1/s1. The number of likely N-dealkylation sites (tertiary alicyclic amines) is 1. The van der Waals surface area contributed by atoms with E-state index in [9.17, 15) is 19.5 Å². The summed E-state index contributed by atoms with van der Waals surface area (Å²) in [6, 6.07) is 7.78. The minimum atomic E-state index is -1.24. The van der Waals surface area contributed by atoms with Gasteiger partial charge >= 0.3 is 0 Å². The van der Waals surface area contributed by atoms with Crippen LogP contribution < -0.4 is 10.4 Å². The van der Waals surface area contributed by atoms with Crippen LogP contribution in [-0.4, -0.2) is 35.3 Å². The van der Waals surface area contributed by atoms with Gasteiger partial charge in [-0.2, -0.15) is 0 Å². The number of benzene rings is 1. The Morgan fingerprint density at radius 3 is 2.35 bits per heavy atom. The zero-order valence-electron chi connectivity index (χ0n) is 14.7. The van der Waals surface area contributed by atoms with E-state index in [1.807, 2.05) is 6.07 Å². The highest BCUT2D eigenvalue weighted by atomic mass is 16.4. The van der Waals surface area contributed by atoms with E-state index < -0.39 is 17.9 Å². The molecule has 0 unspecified atom stereocenters. The summed E-state index contributed by atoms with van der Waals surface area (Å²) in [6.07, 6.45) is 5.56. The molecule has 2 amide bonds. The van der Waals surface area contributed by atoms with Gasteiger partial charge in [0.2, 0.25) is 0 Å². The predicted molar refractivity (Wildman–Crippen MR) is 93.8 cm³/mol. The van der Waals surface area contributed by atoms with Gasteiger partial charge in [-0.05, 0) is 56.2 Å². The van der Waals surface area contributed by atoms with E-state index in [0.29, 0.717) is 24.9 Å². The zero-order chi connectivity index (χ0) is 18.5. The van der Waals surface area contributed by atoms with Crippen molar-refractivity contribution in [1.82, 2.24) is 10.2 Å². The van der Waals surface area contributed by atoms with Gasteiger partial charge in [-0.1, -0.05) is 24.6 Å². The topological polar surface area (TPSA) is 89.5 Å². The molecule has 1 aromatic rings. The highest BCUT2D eigenvalue weighted by molar-refractivity contribution is 6.04. The molecule has 1 saturated carbocycles. The number of hydrogen-bond acceptors (Lipinski definition) is 4. The number of allylic oxidation sites excluding steroid dienone is 1. The fourth-order valence-electron chi connectivity index (χ4n) is 3.70. The molecule has 0 bridgehead atoms. The van der Waals surface area contributed by atoms with E-state index in [2.05, 4.69) is 5.32 Å². The maximum absolute atomic E-state index is 13.1. The van der Waals surface area contributed by atoms with E-state index >= 15 is 0 Å². The van der Waals surface area contributed by atoms with Crippen molar-refractivity contribution < 1.29 is 19.5 Å². The third-order valence-electron chi connectivity index (χ3n) is 5.08. The van der Waals surface area contributed by atoms with Crippen LogP contribution in [0, 0.1) is 0 Å². The highest BCUT2D eigenvalue weighted by Crippen LogP contribution is 2.28. The molecular formula is C20H23N2O4-. The van der Waals surface area contributed by atoms with Gasteiger partial charge in [0, 0.05) is 12.1 Å². The van der Waals surface area contributed by atoms with Crippen molar-refractivity contribution in [1.29, 1.82) is 0 Å². The monoisotopic (exact) mass is 355 g/mol. The molecule has 0 radical (unpaired) electrons. The van der Waals surface area contributed by atoms with Gasteiger partial charge < -0.3 is 20.1 Å². The fraction of sp³-hybridized carbons (Fsp3) is 0.450. The number of amides is 2. The number of hydrogen-bond donors (Lipinski definition) is 1. The van der Waals surface area contributed by atoms with Gasteiger partial charge in [0.1, 0.15) is 5.70 Å². The number of rotatable bonds is 4. The Morgan fingerprint density at radius 1 is 1.00 bits per heavy atom. The van der Waals surface area contributed by atoms with Crippen molar-refractivity contribution in [3.63, 3.8) is 0 Å². The van der Waals surface area contributed by atoms with Crippen molar-refractivity contribution in [2.45, 2.75) is 51.0 Å². The minimum Gasteiger partial charge on any atom is -0.548 e. The molecule has 0 spiro atoms.